The molecule has 1 N–H and O–H groups in total. The molecule has 1 unspecified atom stereocenters. The van der Waals surface area contributed by atoms with E-state index in [-0.39, 0.29) is 11.9 Å². The van der Waals surface area contributed by atoms with E-state index in [1.54, 1.807) is 12.3 Å². The third-order valence-electron chi connectivity index (χ3n) is 3.40. The minimum Gasteiger partial charge on any atom is -0.493 e. The van der Waals surface area contributed by atoms with E-state index in [2.05, 4.69) is 16.4 Å². The maximum absolute atomic E-state index is 13.9. The number of rotatable bonds is 3. The van der Waals surface area contributed by atoms with Gasteiger partial charge in [0.05, 0.1) is 18.3 Å². The summed E-state index contributed by atoms with van der Waals surface area (Å²) in [5.74, 6) is 0.638. The zero-order valence-electron chi connectivity index (χ0n) is 10.7. The third kappa shape index (κ3) is 2.19. The molecule has 0 saturated heterocycles. The molecular weight excluding hydrogens is 243 g/mol. The Morgan fingerprint density at radius 2 is 2.26 bits per heavy atom. The molecule has 3 nitrogen and oxygen atoms in total. The smallest absolute Gasteiger partial charge is 0.146 e. The van der Waals surface area contributed by atoms with Crippen LogP contribution in [0.3, 0.4) is 0 Å². The molecule has 2 heterocycles. The summed E-state index contributed by atoms with van der Waals surface area (Å²) in [6, 6.07) is 8.76. The molecule has 0 spiro atoms. The first-order valence-corrected chi connectivity index (χ1v) is 6.33. The van der Waals surface area contributed by atoms with Crippen LogP contribution >= 0.6 is 0 Å². The summed E-state index contributed by atoms with van der Waals surface area (Å²) in [6.07, 6.45) is 2.52. The van der Waals surface area contributed by atoms with Crippen molar-refractivity contribution in [3.8, 4) is 5.75 Å². The van der Waals surface area contributed by atoms with Crippen molar-refractivity contribution in [2.45, 2.75) is 12.5 Å². The molecule has 1 atom stereocenters. The van der Waals surface area contributed by atoms with Crippen molar-refractivity contribution in [1.82, 2.24) is 10.3 Å². The molecule has 0 aliphatic carbocycles. The fraction of sp³-hybridized carbons (Fsp3) is 0.267. The van der Waals surface area contributed by atoms with Crippen LogP contribution in [-0.2, 0) is 6.42 Å². The normalized spacial score (nSPS) is 14.8. The van der Waals surface area contributed by atoms with Gasteiger partial charge in [-0.2, -0.15) is 0 Å². The van der Waals surface area contributed by atoms with Gasteiger partial charge in [0.2, 0.25) is 0 Å². The summed E-state index contributed by atoms with van der Waals surface area (Å²) < 4.78 is 19.3. The van der Waals surface area contributed by atoms with Crippen LogP contribution in [0.15, 0.2) is 36.5 Å². The number of hydrogen-bond acceptors (Lipinski definition) is 3. The monoisotopic (exact) mass is 258 g/mol. The Balaban J connectivity index is 2.01. The average Bonchev–Trinajstić information content (AvgIpc) is 2.89. The largest absolute Gasteiger partial charge is 0.493 e. The minimum absolute atomic E-state index is 0.243. The fourth-order valence-electron chi connectivity index (χ4n) is 2.46. The Labute approximate surface area is 111 Å². The van der Waals surface area contributed by atoms with Crippen LogP contribution in [0.5, 0.6) is 5.75 Å². The Kier molecular flexibility index (Phi) is 3.17. The van der Waals surface area contributed by atoms with Gasteiger partial charge in [-0.25, -0.2) is 4.39 Å². The molecule has 0 saturated carbocycles. The maximum Gasteiger partial charge on any atom is 0.146 e. The molecule has 19 heavy (non-hydrogen) atoms. The lowest BCUT2D eigenvalue weighted by Crippen LogP contribution is -2.20. The van der Waals surface area contributed by atoms with Crippen molar-refractivity contribution in [2.75, 3.05) is 13.7 Å². The molecule has 0 bridgehead atoms. The predicted octanol–water partition coefficient (Wildman–Crippen LogP) is 2.46. The average molecular weight is 258 g/mol. The zero-order chi connectivity index (χ0) is 13.2. The van der Waals surface area contributed by atoms with E-state index >= 15 is 0 Å². The molecule has 4 heteroatoms. The highest BCUT2D eigenvalue weighted by atomic mass is 19.1. The topological polar surface area (TPSA) is 34.1 Å². The van der Waals surface area contributed by atoms with Gasteiger partial charge in [0.1, 0.15) is 11.6 Å². The number of benzene rings is 1. The first-order chi connectivity index (χ1) is 9.29. The van der Waals surface area contributed by atoms with Gasteiger partial charge in [0.25, 0.3) is 0 Å². The lowest BCUT2D eigenvalue weighted by atomic mass is 9.99. The van der Waals surface area contributed by atoms with Crippen LogP contribution in [0.2, 0.25) is 0 Å². The van der Waals surface area contributed by atoms with Gasteiger partial charge in [0, 0.05) is 12.6 Å². The first kappa shape index (κ1) is 12.1. The summed E-state index contributed by atoms with van der Waals surface area (Å²) >= 11 is 0. The van der Waals surface area contributed by atoms with Gasteiger partial charge in [-0.1, -0.05) is 12.1 Å². The lowest BCUT2D eigenvalue weighted by Gasteiger charge is -2.17. The number of fused-ring (bicyclic) bond motifs is 1. The molecule has 3 rings (SSSR count). The van der Waals surface area contributed by atoms with Crippen molar-refractivity contribution in [3.05, 3.63) is 59.2 Å². The summed E-state index contributed by atoms with van der Waals surface area (Å²) in [6.45, 7) is 0.723. The highest BCUT2D eigenvalue weighted by Crippen LogP contribution is 2.30. The molecule has 98 valence electrons. The molecule has 0 radical (unpaired) electrons. The molecular formula is C15H15FN2O. The van der Waals surface area contributed by atoms with Crippen LogP contribution in [0, 0.1) is 5.82 Å². The molecule has 1 aliphatic rings. The van der Waals surface area contributed by atoms with Crippen LogP contribution in [0.25, 0.3) is 0 Å². The predicted molar refractivity (Wildman–Crippen MR) is 70.7 cm³/mol. The Hall–Kier alpha value is -1.94. The van der Waals surface area contributed by atoms with Crippen molar-refractivity contribution >= 4 is 0 Å². The molecule has 2 aromatic rings. The summed E-state index contributed by atoms with van der Waals surface area (Å²) in [7, 11) is 1.81. The summed E-state index contributed by atoms with van der Waals surface area (Å²) in [5, 5.41) is 3.12. The van der Waals surface area contributed by atoms with E-state index in [9.17, 15) is 4.39 Å². The van der Waals surface area contributed by atoms with E-state index in [0.29, 0.717) is 5.69 Å². The molecule has 0 amide bonds. The Bertz CT molecular complexity index is 600. The van der Waals surface area contributed by atoms with Gasteiger partial charge in [0.15, 0.2) is 0 Å². The second kappa shape index (κ2) is 4.97. The van der Waals surface area contributed by atoms with Crippen molar-refractivity contribution in [1.29, 1.82) is 0 Å². The van der Waals surface area contributed by atoms with Gasteiger partial charge in [-0.3, -0.25) is 4.98 Å². The number of ether oxygens (including phenoxy) is 1. The number of aromatic nitrogens is 1. The van der Waals surface area contributed by atoms with E-state index in [1.165, 1.54) is 11.6 Å². The number of halogens is 1. The number of nitrogens with one attached hydrogen (secondary N) is 1. The van der Waals surface area contributed by atoms with Crippen molar-refractivity contribution < 1.29 is 9.13 Å². The molecule has 1 aromatic carbocycles. The highest BCUT2D eigenvalue weighted by Gasteiger charge is 2.20. The standard InChI is InChI=1S/C15H15FN2O/c1-17-14(15-12(16)3-2-7-18-15)11-4-5-13-10(9-11)6-8-19-13/h2-5,7,9,14,17H,6,8H2,1H3. The Morgan fingerprint density at radius 3 is 3.05 bits per heavy atom. The van der Waals surface area contributed by atoms with Crippen LogP contribution < -0.4 is 10.1 Å². The van der Waals surface area contributed by atoms with E-state index in [4.69, 9.17) is 4.74 Å². The third-order valence-corrected chi connectivity index (χ3v) is 3.40. The molecule has 0 fully saturated rings. The van der Waals surface area contributed by atoms with E-state index < -0.39 is 0 Å². The maximum atomic E-state index is 13.9. The molecule has 1 aromatic heterocycles. The SMILES string of the molecule is CNC(c1ccc2c(c1)CCO2)c1ncccc1F. The number of pyridine rings is 1. The number of nitrogens with zero attached hydrogens (tertiary/aromatic N) is 1. The second-order valence-corrected chi connectivity index (χ2v) is 4.56. The van der Waals surface area contributed by atoms with E-state index in [1.807, 2.05) is 19.2 Å². The van der Waals surface area contributed by atoms with Crippen LogP contribution in [0.1, 0.15) is 22.9 Å². The summed E-state index contributed by atoms with van der Waals surface area (Å²) in [4.78, 5) is 4.15. The van der Waals surface area contributed by atoms with Crippen molar-refractivity contribution in [3.63, 3.8) is 0 Å². The van der Waals surface area contributed by atoms with Gasteiger partial charge in [-0.05, 0) is 36.4 Å². The van der Waals surface area contributed by atoms with Gasteiger partial charge >= 0.3 is 0 Å². The highest BCUT2D eigenvalue weighted by molar-refractivity contribution is 5.42. The minimum atomic E-state index is -0.293. The lowest BCUT2D eigenvalue weighted by molar-refractivity contribution is 0.357. The van der Waals surface area contributed by atoms with Gasteiger partial charge in [-0.15, -0.1) is 0 Å². The molecule has 1 aliphatic heterocycles. The summed E-state index contributed by atoms with van der Waals surface area (Å²) in [5.41, 5.74) is 2.60. The van der Waals surface area contributed by atoms with Crippen LogP contribution in [0.4, 0.5) is 4.39 Å². The van der Waals surface area contributed by atoms with Crippen molar-refractivity contribution in [2.24, 2.45) is 0 Å². The number of hydrogen-bond donors (Lipinski definition) is 1. The quantitative estimate of drug-likeness (QED) is 0.918. The Morgan fingerprint density at radius 1 is 1.37 bits per heavy atom. The van der Waals surface area contributed by atoms with Gasteiger partial charge < -0.3 is 10.1 Å². The van der Waals surface area contributed by atoms with E-state index in [0.717, 1.165) is 24.3 Å². The zero-order valence-corrected chi connectivity index (χ0v) is 10.7. The second-order valence-electron chi connectivity index (χ2n) is 4.56. The van der Waals surface area contributed by atoms with Crippen LogP contribution in [-0.4, -0.2) is 18.6 Å². The fourth-order valence-corrected chi connectivity index (χ4v) is 2.46. The first-order valence-electron chi connectivity index (χ1n) is 6.33.